The van der Waals surface area contributed by atoms with Gasteiger partial charge in [-0.2, -0.15) is 0 Å². The van der Waals surface area contributed by atoms with Gasteiger partial charge in [0, 0.05) is 17.5 Å². The maximum Gasteiger partial charge on any atom is 0.123 e. The number of hydrogen-bond acceptors (Lipinski definition) is 3. The third-order valence-electron chi connectivity index (χ3n) is 3.81. The van der Waals surface area contributed by atoms with Crippen LogP contribution in [-0.4, -0.2) is 26.4 Å². The summed E-state index contributed by atoms with van der Waals surface area (Å²) in [6.45, 7) is 1.09. The molecule has 2 aliphatic rings. The van der Waals surface area contributed by atoms with Crippen molar-refractivity contribution >= 4 is 12.4 Å². The normalized spacial score (nSPS) is 23.3. The minimum absolute atomic E-state index is 0. The summed E-state index contributed by atoms with van der Waals surface area (Å²) in [7, 11) is 0. The van der Waals surface area contributed by atoms with Crippen LogP contribution in [0.4, 0.5) is 4.39 Å². The fraction of sp³-hybridized carbons (Fsp3) is 0.571. The van der Waals surface area contributed by atoms with Crippen molar-refractivity contribution < 1.29 is 13.9 Å². The van der Waals surface area contributed by atoms with Crippen LogP contribution in [0.25, 0.3) is 0 Å². The molecule has 0 spiro atoms. The zero-order valence-corrected chi connectivity index (χ0v) is 11.5. The molecule has 2 atom stereocenters. The topological polar surface area (TPSA) is 44.5 Å². The maximum atomic E-state index is 12.3. The third-order valence-corrected chi connectivity index (χ3v) is 3.81. The summed E-state index contributed by atoms with van der Waals surface area (Å²) in [5, 5.41) is 0. The van der Waals surface area contributed by atoms with Gasteiger partial charge < -0.3 is 15.2 Å². The lowest BCUT2D eigenvalue weighted by atomic mass is 9.98. The number of benzene rings is 1. The summed E-state index contributed by atoms with van der Waals surface area (Å²) in [6, 6.07) is 3.83. The van der Waals surface area contributed by atoms with Crippen LogP contribution in [-0.2, 0) is 6.42 Å². The molecule has 1 heterocycles. The van der Waals surface area contributed by atoms with Crippen molar-refractivity contribution in [2.45, 2.75) is 18.8 Å². The largest absolute Gasteiger partial charge is 0.493 e. The van der Waals surface area contributed by atoms with Crippen LogP contribution < -0.4 is 15.2 Å². The summed E-state index contributed by atoms with van der Waals surface area (Å²) in [5.74, 6) is 2.80. The Morgan fingerprint density at radius 3 is 2.95 bits per heavy atom. The van der Waals surface area contributed by atoms with E-state index < -0.39 is 6.67 Å². The van der Waals surface area contributed by atoms with Crippen LogP contribution in [0.3, 0.4) is 0 Å². The van der Waals surface area contributed by atoms with E-state index in [0.717, 1.165) is 30.9 Å². The minimum Gasteiger partial charge on any atom is -0.493 e. The van der Waals surface area contributed by atoms with Gasteiger partial charge in [0.1, 0.15) is 24.8 Å². The van der Waals surface area contributed by atoms with E-state index in [1.807, 2.05) is 12.1 Å². The molecule has 0 aromatic heterocycles. The smallest absolute Gasteiger partial charge is 0.123 e. The molecule has 5 heteroatoms. The fourth-order valence-electron chi connectivity index (χ4n) is 2.82. The Kier molecular flexibility index (Phi) is 4.53. The molecule has 2 N–H and O–H groups in total. The predicted molar refractivity (Wildman–Crippen MR) is 74.3 cm³/mol. The predicted octanol–water partition coefficient (Wildman–Crippen LogP) is 2.45. The van der Waals surface area contributed by atoms with Crippen LogP contribution in [0.15, 0.2) is 12.1 Å². The Morgan fingerprint density at radius 2 is 2.26 bits per heavy atom. The Labute approximate surface area is 118 Å². The van der Waals surface area contributed by atoms with Crippen LogP contribution in [0.1, 0.15) is 23.5 Å². The van der Waals surface area contributed by atoms with Gasteiger partial charge in [-0.15, -0.1) is 12.4 Å². The highest BCUT2D eigenvalue weighted by atomic mass is 35.5. The summed E-state index contributed by atoms with van der Waals surface area (Å²) < 4.78 is 23.4. The first-order valence-electron chi connectivity index (χ1n) is 6.52. The number of halogens is 2. The molecular formula is C14H19ClFNO2. The van der Waals surface area contributed by atoms with Gasteiger partial charge in [-0.25, -0.2) is 4.39 Å². The van der Waals surface area contributed by atoms with Gasteiger partial charge in [-0.1, -0.05) is 0 Å². The maximum absolute atomic E-state index is 12.3. The molecule has 1 aliphatic carbocycles. The van der Waals surface area contributed by atoms with Crippen LogP contribution in [0, 0.1) is 5.92 Å². The molecule has 1 fully saturated rings. The van der Waals surface area contributed by atoms with E-state index in [1.165, 1.54) is 11.1 Å². The number of hydrogen-bond donors (Lipinski definition) is 1. The number of alkyl halides is 1. The van der Waals surface area contributed by atoms with Gasteiger partial charge in [-0.3, -0.25) is 0 Å². The monoisotopic (exact) mass is 287 g/mol. The van der Waals surface area contributed by atoms with E-state index in [9.17, 15) is 4.39 Å². The van der Waals surface area contributed by atoms with E-state index in [-0.39, 0.29) is 19.0 Å². The molecule has 0 radical (unpaired) electrons. The second kappa shape index (κ2) is 5.97. The van der Waals surface area contributed by atoms with Crippen molar-refractivity contribution in [1.29, 1.82) is 0 Å². The molecule has 0 saturated heterocycles. The van der Waals surface area contributed by atoms with Crippen LogP contribution >= 0.6 is 12.4 Å². The SMILES string of the molecule is Cl.NC[C@@H]1C[C@H]1c1c(OCCF)ccc2c1CCO2. The molecule has 1 aliphatic heterocycles. The van der Waals surface area contributed by atoms with Gasteiger partial charge in [-0.05, 0) is 36.9 Å². The number of ether oxygens (including phenoxy) is 2. The van der Waals surface area contributed by atoms with Gasteiger partial charge >= 0.3 is 0 Å². The number of nitrogens with two attached hydrogens (primary N) is 1. The summed E-state index contributed by atoms with van der Waals surface area (Å²) in [4.78, 5) is 0. The highest BCUT2D eigenvalue weighted by molar-refractivity contribution is 5.85. The molecule has 3 nitrogen and oxygen atoms in total. The molecular weight excluding hydrogens is 269 g/mol. The van der Waals surface area contributed by atoms with Crippen molar-refractivity contribution in [3.63, 3.8) is 0 Å². The average molecular weight is 288 g/mol. The summed E-state index contributed by atoms with van der Waals surface area (Å²) >= 11 is 0. The van der Waals surface area contributed by atoms with E-state index in [2.05, 4.69) is 0 Å². The molecule has 0 amide bonds. The molecule has 106 valence electrons. The molecule has 0 unspecified atom stereocenters. The number of fused-ring (bicyclic) bond motifs is 1. The highest BCUT2D eigenvalue weighted by Gasteiger charge is 2.41. The van der Waals surface area contributed by atoms with Crippen LogP contribution in [0.5, 0.6) is 11.5 Å². The number of rotatable bonds is 5. The molecule has 1 aromatic rings. The lowest BCUT2D eigenvalue weighted by Gasteiger charge is -2.14. The first-order chi connectivity index (χ1) is 8.85. The van der Waals surface area contributed by atoms with Gasteiger partial charge in [0.25, 0.3) is 0 Å². The first kappa shape index (κ1) is 14.4. The van der Waals surface area contributed by atoms with Crippen LogP contribution in [0.2, 0.25) is 0 Å². The second-order valence-electron chi connectivity index (χ2n) is 4.93. The van der Waals surface area contributed by atoms with Crippen molar-refractivity contribution in [2.75, 3.05) is 26.4 Å². The molecule has 3 rings (SSSR count). The van der Waals surface area contributed by atoms with Gasteiger partial charge in [0.15, 0.2) is 0 Å². The quantitative estimate of drug-likeness (QED) is 0.905. The molecule has 1 aromatic carbocycles. The van der Waals surface area contributed by atoms with Crippen molar-refractivity contribution in [3.05, 3.63) is 23.3 Å². The lowest BCUT2D eigenvalue weighted by Crippen LogP contribution is -2.06. The van der Waals surface area contributed by atoms with E-state index in [4.69, 9.17) is 15.2 Å². The van der Waals surface area contributed by atoms with Crippen molar-refractivity contribution in [1.82, 2.24) is 0 Å². The lowest BCUT2D eigenvalue weighted by molar-refractivity contribution is 0.270. The van der Waals surface area contributed by atoms with E-state index >= 15 is 0 Å². The van der Waals surface area contributed by atoms with E-state index in [1.54, 1.807) is 0 Å². The molecule has 1 saturated carbocycles. The van der Waals surface area contributed by atoms with Gasteiger partial charge in [0.2, 0.25) is 0 Å². The zero-order valence-electron chi connectivity index (χ0n) is 10.7. The Bertz CT molecular complexity index is 455. The third kappa shape index (κ3) is 2.65. The first-order valence-corrected chi connectivity index (χ1v) is 6.52. The van der Waals surface area contributed by atoms with E-state index in [0.29, 0.717) is 18.4 Å². The van der Waals surface area contributed by atoms with Gasteiger partial charge in [0.05, 0.1) is 6.61 Å². The fourth-order valence-corrected chi connectivity index (χ4v) is 2.82. The molecule has 19 heavy (non-hydrogen) atoms. The summed E-state index contributed by atoms with van der Waals surface area (Å²) in [5.41, 5.74) is 8.18. The van der Waals surface area contributed by atoms with Crippen molar-refractivity contribution in [2.24, 2.45) is 11.7 Å². The highest BCUT2D eigenvalue weighted by Crippen LogP contribution is 2.53. The standard InChI is InChI=1S/C14H18FNO2.ClH/c15-4-6-18-13-2-1-12-10(3-5-17-12)14(13)11-7-9(11)8-16;/h1-2,9,11H,3-8,16H2;1H/t9-,11+;/m0./s1. The zero-order chi connectivity index (χ0) is 12.5. The molecule has 0 bridgehead atoms. The van der Waals surface area contributed by atoms with Crippen molar-refractivity contribution in [3.8, 4) is 11.5 Å². The second-order valence-corrected chi connectivity index (χ2v) is 4.93. The average Bonchev–Trinajstić information content (AvgIpc) is 3.02. The minimum atomic E-state index is -0.460. The summed E-state index contributed by atoms with van der Waals surface area (Å²) in [6.07, 6.45) is 2.03. The Balaban J connectivity index is 0.00000133. The Hall–Kier alpha value is -1.00. The Morgan fingerprint density at radius 1 is 1.42 bits per heavy atom.